The van der Waals surface area contributed by atoms with E-state index in [0.29, 0.717) is 36.2 Å². The molecule has 0 saturated carbocycles. The number of carbonyl (C=O) groups excluding carboxylic acids is 3. The van der Waals surface area contributed by atoms with Crippen molar-refractivity contribution in [1.82, 2.24) is 34.1 Å². The summed E-state index contributed by atoms with van der Waals surface area (Å²) in [7, 11) is 5.45. The third kappa shape index (κ3) is 7.41. The number of alkyl halides is 3. The Hall–Kier alpha value is -5.00. The third-order valence-corrected chi connectivity index (χ3v) is 9.61. The number of aromatic nitrogens is 5. The summed E-state index contributed by atoms with van der Waals surface area (Å²) in [6.07, 6.45) is -1.36. The van der Waals surface area contributed by atoms with Crippen molar-refractivity contribution in [2.75, 3.05) is 64.4 Å². The van der Waals surface area contributed by atoms with Crippen LogP contribution in [0.3, 0.4) is 0 Å². The molecule has 3 aromatic heterocycles. The van der Waals surface area contributed by atoms with E-state index in [4.69, 9.17) is 17.3 Å². The smallest absolute Gasteiger partial charge is 0.397 e. The van der Waals surface area contributed by atoms with E-state index >= 15 is 0 Å². The fourth-order valence-corrected chi connectivity index (χ4v) is 6.74. The van der Waals surface area contributed by atoms with Crippen LogP contribution in [0.5, 0.6) is 0 Å². The Balaban J connectivity index is 1.11. The van der Waals surface area contributed by atoms with Crippen LogP contribution in [0.25, 0.3) is 17.1 Å². The van der Waals surface area contributed by atoms with Gasteiger partial charge in [-0.05, 0) is 30.3 Å². The lowest BCUT2D eigenvalue weighted by molar-refractivity contribution is -0.899. The molecule has 1 aromatic carbocycles. The molecule has 0 bridgehead atoms. The molecule has 3 amide bonds. The molecule has 18 heteroatoms. The molecule has 2 fully saturated rings. The number of nitrogen functional groups attached to an aromatic ring is 1. The molecule has 0 aliphatic carbocycles. The molecular weight excluding hydrogens is 693 g/mol. The number of halogens is 4. The highest BCUT2D eigenvalue weighted by Gasteiger charge is 2.41. The molecule has 0 radical (unpaired) electrons. The van der Waals surface area contributed by atoms with Gasteiger partial charge < -0.3 is 35.0 Å². The van der Waals surface area contributed by atoms with Gasteiger partial charge in [-0.3, -0.25) is 14.4 Å². The molecular formula is C33H37ClF3N10O4+. The number of likely N-dealkylation sites (tertiary alicyclic amines) is 1. The van der Waals surface area contributed by atoms with E-state index in [9.17, 15) is 32.7 Å². The Kier molecular flexibility index (Phi) is 9.56. The molecule has 5 heterocycles. The number of carbonyl (C=O) groups is 3. The number of aliphatic hydroxyl groups excluding tert-OH is 1. The van der Waals surface area contributed by atoms with Gasteiger partial charge in [0.05, 0.1) is 66.5 Å². The Morgan fingerprint density at radius 1 is 1.04 bits per heavy atom. The van der Waals surface area contributed by atoms with Gasteiger partial charge in [0.1, 0.15) is 12.6 Å². The highest BCUT2D eigenvalue weighted by Crippen LogP contribution is 2.37. The van der Waals surface area contributed by atoms with Crippen LogP contribution in [0.2, 0.25) is 5.02 Å². The van der Waals surface area contributed by atoms with Crippen LogP contribution < -0.4 is 11.1 Å². The number of pyridine rings is 1. The highest BCUT2D eigenvalue weighted by atomic mass is 35.5. The van der Waals surface area contributed by atoms with Gasteiger partial charge in [0.15, 0.2) is 17.3 Å². The monoisotopic (exact) mass is 729 g/mol. The summed E-state index contributed by atoms with van der Waals surface area (Å²) in [6.45, 7) is 2.53. The van der Waals surface area contributed by atoms with Crippen LogP contribution in [0, 0.1) is 5.92 Å². The maximum absolute atomic E-state index is 14.0. The van der Waals surface area contributed by atoms with E-state index in [1.807, 2.05) is 14.1 Å². The van der Waals surface area contributed by atoms with Gasteiger partial charge in [-0.1, -0.05) is 11.6 Å². The molecule has 0 spiro atoms. The van der Waals surface area contributed by atoms with Gasteiger partial charge in [0.2, 0.25) is 5.91 Å². The number of anilines is 2. The van der Waals surface area contributed by atoms with Crippen LogP contribution in [0.15, 0.2) is 48.9 Å². The zero-order chi connectivity index (χ0) is 36.8. The summed E-state index contributed by atoms with van der Waals surface area (Å²) in [5, 5.41) is 17.0. The maximum atomic E-state index is 14.0. The number of rotatable bonds is 6. The van der Waals surface area contributed by atoms with Crippen molar-refractivity contribution in [3.05, 3.63) is 71.0 Å². The first-order valence-corrected chi connectivity index (χ1v) is 16.5. The largest absolute Gasteiger partial charge is 0.435 e. The van der Waals surface area contributed by atoms with E-state index in [1.54, 1.807) is 9.80 Å². The minimum atomic E-state index is -4.82. The van der Waals surface area contributed by atoms with E-state index in [1.165, 1.54) is 48.1 Å². The van der Waals surface area contributed by atoms with E-state index < -0.39 is 29.8 Å². The Bertz CT molecular complexity index is 1970. The van der Waals surface area contributed by atoms with Crippen molar-refractivity contribution in [3.8, 4) is 17.1 Å². The SMILES string of the molecule is Cn1c(-c2cn(-c3ccc(N)cn3)nc2C(F)(F)F)cnc1C(=O)Nc1ccc(C(=O)N2CCN(C(=O)[C@@H]3CC[N+](C)(C)C[C@@H]3O)CC2)c(Cl)c1. The lowest BCUT2D eigenvalue weighted by Crippen LogP contribution is -2.58. The highest BCUT2D eigenvalue weighted by molar-refractivity contribution is 6.34. The summed E-state index contributed by atoms with van der Waals surface area (Å²) in [5.74, 6) is -1.71. The number of quaternary nitrogens is 1. The molecule has 2 saturated heterocycles. The molecule has 2 aliphatic heterocycles. The Morgan fingerprint density at radius 2 is 1.75 bits per heavy atom. The first kappa shape index (κ1) is 35.8. The first-order chi connectivity index (χ1) is 24.0. The number of nitrogens with two attached hydrogens (primary N) is 1. The fraction of sp³-hybridized carbons (Fsp3) is 0.394. The zero-order valence-corrected chi connectivity index (χ0v) is 28.8. The molecule has 6 rings (SSSR count). The van der Waals surface area contributed by atoms with Crippen molar-refractivity contribution < 1.29 is 37.1 Å². The number of piperazine rings is 1. The number of amides is 3. The molecule has 4 N–H and O–H groups in total. The lowest BCUT2D eigenvalue weighted by Gasteiger charge is -2.42. The summed E-state index contributed by atoms with van der Waals surface area (Å²) >= 11 is 6.49. The second-order valence-electron chi connectivity index (χ2n) is 13.4. The van der Waals surface area contributed by atoms with Crippen molar-refractivity contribution in [3.63, 3.8) is 0 Å². The average Bonchev–Trinajstić information content (AvgIpc) is 3.68. The molecule has 2 atom stereocenters. The fourth-order valence-electron chi connectivity index (χ4n) is 6.47. The number of imidazole rings is 1. The van der Waals surface area contributed by atoms with Crippen LogP contribution in [0.4, 0.5) is 24.5 Å². The molecule has 2 aliphatic rings. The number of nitrogens with one attached hydrogen (secondary N) is 1. The predicted molar refractivity (Wildman–Crippen MR) is 181 cm³/mol. The Morgan fingerprint density at radius 3 is 2.37 bits per heavy atom. The second-order valence-corrected chi connectivity index (χ2v) is 13.8. The number of hydrogen-bond acceptors (Lipinski definition) is 8. The molecule has 0 unspecified atom stereocenters. The number of piperidine rings is 1. The lowest BCUT2D eigenvalue weighted by atomic mass is 9.91. The average molecular weight is 730 g/mol. The quantitative estimate of drug-likeness (QED) is 0.255. The minimum Gasteiger partial charge on any atom is -0.397 e. The molecule has 14 nitrogen and oxygen atoms in total. The van der Waals surface area contributed by atoms with Gasteiger partial charge in [0.25, 0.3) is 11.8 Å². The summed E-state index contributed by atoms with van der Waals surface area (Å²) in [4.78, 5) is 51.1. The van der Waals surface area contributed by atoms with Crippen molar-refractivity contribution in [2.45, 2.75) is 18.7 Å². The van der Waals surface area contributed by atoms with Crippen LogP contribution in [-0.2, 0) is 18.0 Å². The van der Waals surface area contributed by atoms with Crippen molar-refractivity contribution in [1.29, 1.82) is 0 Å². The topological polar surface area (TPSA) is 164 Å². The number of nitrogens with zero attached hydrogens (tertiary/aromatic N) is 8. The number of aliphatic hydroxyl groups is 1. The molecule has 51 heavy (non-hydrogen) atoms. The van der Waals surface area contributed by atoms with Gasteiger partial charge in [-0.2, -0.15) is 18.3 Å². The number of benzene rings is 1. The summed E-state index contributed by atoms with van der Waals surface area (Å²) in [6, 6.07) is 7.25. The number of hydrogen-bond donors (Lipinski definition) is 3. The van der Waals surface area contributed by atoms with Gasteiger partial charge >= 0.3 is 6.18 Å². The second kappa shape index (κ2) is 13.6. The third-order valence-electron chi connectivity index (χ3n) is 9.30. The van der Waals surface area contributed by atoms with Gasteiger partial charge in [-0.25, -0.2) is 14.6 Å². The summed E-state index contributed by atoms with van der Waals surface area (Å²) in [5.41, 5.74) is 4.87. The zero-order valence-electron chi connectivity index (χ0n) is 28.1. The predicted octanol–water partition coefficient (Wildman–Crippen LogP) is 2.92. The molecule has 4 aromatic rings. The van der Waals surface area contributed by atoms with Gasteiger partial charge in [-0.15, -0.1) is 0 Å². The van der Waals surface area contributed by atoms with Crippen LogP contribution in [0.1, 0.15) is 33.1 Å². The normalized spacial score (nSPS) is 19.2. The maximum Gasteiger partial charge on any atom is 0.435 e. The van der Waals surface area contributed by atoms with E-state index in [-0.39, 0.29) is 64.1 Å². The first-order valence-electron chi connectivity index (χ1n) is 16.1. The van der Waals surface area contributed by atoms with E-state index in [0.717, 1.165) is 23.6 Å². The standard InChI is InChI=1S/C33H36ClF3N10O4/c1-43-25(23-17-46(42-28(23)33(35,36)37)27-7-4-19(38)15-39-27)16-40-29(43)30(49)41-20-5-6-21(24(34)14-20)31(50)44-9-11-45(12-10-44)32(51)22-8-13-47(2,3)18-26(22)48/h4-7,14-17,22,26,48H,8-13,18,38H2,1-3H3/p+1/t22-,26+/m1/s1. The summed E-state index contributed by atoms with van der Waals surface area (Å²) < 4.78 is 44.9. The van der Waals surface area contributed by atoms with Crippen molar-refractivity contribution >= 4 is 40.7 Å². The Labute approximate surface area is 295 Å². The van der Waals surface area contributed by atoms with Gasteiger partial charge in [0, 0.05) is 51.5 Å². The van der Waals surface area contributed by atoms with Crippen LogP contribution >= 0.6 is 11.6 Å². The number of likely N-dealkylation sites (N-methyl/N-ethyl adjacent to an activating group) is 1. The van der Waals surface area contributed by atoms with Crippen LogP contribution in [-0.4, -0.2) is 121 Å². The van der Waals surface area contributed by atoms with Crippen molar-refractivity contribution in [2.24, 2.45) is 13.0 Å². The molecule has 270 valence electrons. The minimum absolute atomic E-state index is 0.0203. The van der Waals surface area contributed by atoms with E-state index in [2.05, 4.69) is 20.4 Å².